The van der Waals surface area contributed by atoms with E-state index in [9.17, 15) is 19.5 Å². The van der Waals surface area contributed by atoms with E-state index >= 15 is 0 Å². The zero-order chi connectivity index (χ0) is 19.7. The number of nitrogens with one attached hydrogen (secondary N) is 1. The number of hydrogen-bond donors (Lipinski definition) is 1. The van der Waals surface area contributed by atoms with Crippen molar-refractivity contribution in [1.82, 2.24) is 9.88 Å². The monoisotopic (exact) mass is 382 g/mol. The van der Waals surface area contributed by atoms with Gasteiger partial charge in [-0.15, -0.1) is 0 Å². The first kappa shape index (κ1) is 18.7. The normalized spacial score (nSPS) is 15.1. The van der Waals surface area contributed by atoms with Crippen molar-refractivity contribution < 1.29 is 19.5 Å². The Hall–Kier alpha value is -3.13. The molecule has 1 aliphatic heterocycles. The summed E-state index contributed by atoms with van der Waals surface area (Å²) in [5.41, 5.74) is 3.32. The van der Waals surface area contributed by atoms with Gasteiger partial charge in [0, 0.05) is 24.0 Å². The molecular weight excluding hydrogens is 366 g/mol. The van der Waals surface area contributed by atoms with Gasteiger partial charge in [-0.1, -0.05) is 12.1 Å². The molecule has 0 radical (unpaired) electrons. The summed E-state index contributed by atoms with van der Waals surface area (Å²) in [5.74, 6) is -1.94. The number of amidine groups is 1. The number of nitrogens with zero attached hydrogens (tertiary/aromatic N) is 2. The molecule has 1 N–H and O–H groups in total. The molecule has 0 unspecified atom stereocenters. The zero-order valence-corrected chi connectivity index (χ0v) is 15.7. The molecule has 0 aliphatic carbocycles. The number of aryl methyl sites for hydroxylation is 1. The topological polar surface area (TPSA) is 104 Å². The molecule has 7 nitrogen and oxygen atoms in total. The lowest BCUT2D eigenvalue weighted by atomic mass is 10.2. The summed E-state index contributed by atoms with van der Waals surface area (Å²) in [6, 6.07) is 8.38. The lowest BCUT2D eigenvalue weighted by molar-refractivity contribution is -0.255. The van der Waals surface area contributed by atoms with E-state index in [2.05, 4.69) is 10.3 Å². The van der Waals surface area contributed by atoms with Crippen LogP contribution in [0.5, 0.6) is 0 Å². The smallest absolute Gasteiger partial charge is 0.286 e. The molecule has 1 aromatic carbocycles. The van der Waals surface area contributed by atoms with Gasteiger partial charge in [-0.2, -0.15) is 4.99 Å². The molecule has 0 spiro atoms. The Kier molecular flexibility index (Phi) is 5.00. The van der Waals surface area contributed by atoms with Gasteiger partial charge in [0.2, 0.25) is 5.91 Å². The molecular formula is C19H16N3O4S-. The Morgan fingerprint density at radius 3 is 2.67 bits per heavy atom. The Bertz CT molecular complexity index is 1030. The van der Waals surface area contributed by atoms with Crippen LogP contribution in [0, 0.1) is 13.8 Å². The van der Waals surface area contributed by atoms with Crippen molar-refractivity contribution in [2.24, 2.45) is 4.99 Å². The van der Waals surface area contributed by atoms with Crippen LogP contribution in [-0.4, -0.2) is 27.5 Å². The van der Waals surface area contributed by atoms with Crippen molar-refractivity contribution in [3.63, 3.8) is 0 Å². The number of rotatable bonds is 3. The number of amides is 2. The minimum Gasteiger partial charge on any atom is -0.545 e. The highest BCUT2D eigenvalue weighted by atomic mass is 32.2. The molecule has 2 heterocycles. The first-order chi connectivity index (χ1) is 12.8. The van der Waals surface area contributed by atoms with E-state index in [1.807, 2.05) is 24.5 Å². The number of aliphatic imine (C=N–C) groups is 1. The fourth-order valence-electron chi connectivity index (χ4n) is 2.86. The number of benzene rings is 1. The van der Waals surface area contributed by atoms with Gasteiger partial charge >= 0.3 is 0 Å². The maximum absolute atomic E-state index is 12.1. The van der Waals surface area contributed by atoms with Gasteiger partial charge in [-0.25, -0.2) is 0 Å². The van der Waals surface area contributed by atoms with Crippen LogP contribution in [0.3, 0.4) is 0 Å². The molecule has 0 bridgehead atoms. The van der Waals surface area contributed by atoms with E-state index in [0.29, 0.717) is 10.6 Å². The Balaban J connectivity index is 1.96. The lowest BCUT2D eigenvalue weighted by Gasteiger charge is -2.12. The summed E-state index contributed by atoms with van der Waals surface area (Å²) in [7, 11) is 0. The molecule has 1 aliphatic rings. The number of carboxylic acids is 1. The standard InChI is InChI=1S/C19H17N3O4S/c1-10-7-14(9-16-17(24)21-19(27-16)20-12(3)23)11(2)22(10)15-6-4-5-13(8-15)18(25)26/h4-9H,1-3H3,(H,25,26)(H,20,21,23,24)/p-1/b16-9-. The van der Waals surface area contributed by atoms with Gasteiger partial charge < -0.3 is 19.8 Å². The van der Waals surface area contributed by atoms with Crippen LogP contribution in [0.2, 0.25) is 0 Å². The van der Waals surface area contributed by atoms with Crippen LogP contribution in [0.25, 0.3) is 11.8 Å². The van der Waals surface area contributed by atoms with Crippen LogP contribution in [0.15, 0.2) is 40.2 Å². The average Bonchev–Trinajstić information content (AvgIpc) is 3.06. The first-order valence-corrected chi connectivity index (χ1v) is 8.89. The summed E-state index contributed by atoms with van der Waals surface area (Å²) in [5, 5.41) is 13.9. The fourth-order valence-corrected chi connectivity index (χ4v) is 3.71. The molecule has 0 fully saturated rings. The van der Waals surface area contributed by atoms with E-state index < -0.39 is 11.9 Å². The second kappa shape index (κ2) is 7.24. The minimum absolute atomic E-state index is 0.0924. The fraction of sp³-hybridized carbons (Fsp3) is 0.158. The van der Waals surface area contributed by atoms with Crippen molar-refractivity contribution in [2.45, 2.75) is 20.8 Å². The van der Waals surface area contributed by atoms with E-state index in [1.54, 1.807) is 24.3 Å². The highest BCUT2D eigenvalue weighted by Crippen LogP contribution is 2.30. The second-order valence-electron chi connectivity index (χ2n) is 6.01. The van der Waals surface area contributed by atoms with E-state index in [-0.39, 0.29) is 16.6 Å². The summed E-state index contributed by atoms with van der Waals surface area (Å²) in [4.78, 5) is 38.5. The molecule has 0 saturated carbocycles. The van der Waals surface area contributed by atoms with Gasteiger partial charge in [-0.05, 0) is 61.0 Å². The number of carboxylic acid groups (broad SMARTS) is 1. The number of aromatic nitrogens is 1. The summed E-state index contributed by atoms with van der Waals surface area (Å²) in [6.07, 6.45) is 1.72. The first-order valence-electron chi connectivity index (χ1n) is 8.07. The second-order valence-corrected chi connectivity index (χ2v) is 7.04. The Morgan fingerprint density at radius 1 is 1.26 bits per heavy atom. The molecule has 8 heteroatoms. The number of carbonyl (C=O) groups is 3. The summed E-state index contributed by atoms with van der Waals surface area (Å²) >= 11 is 1.10. The van der Waals surface area contributed by atoms with E-state index in [4.69, 9.17) is 0 Å². The predicted molar refractivity (Wildman–Crippen MR) is 101 cm³/mol. The van der Waals surface area contributed by atoms with Crippen LogP contribution in [-0.2, 0) is 9.59 Å². The van der Waals surface area contributed by atoms with Gasteiger partial charge in [0.1, 0.15) is 0 Å². The number of carbonyl (C=O) groups excluding carboxylic acids is 3. The van der Waals surface area contributed by atoms with Crippen molar-refractivity contribution in [2.75, 3.05) is 0 Å². The number of aromatic carboxylic acids is 1. The molecule has 2 aromatic rings. The third-order valence-corrected chi connectivity index (χ3v) is 4.90. The largest absolute Gasteiger partial charge is 0.545 e. The highest BCUT2D eigenvalue weighted by molar-refractivity contribution is 8.18. The van der Waals surface area contributed by atoms with E-state index in [0.717, 1.165) is 28.7 Å². The predicted octanol–water partition coefficient (Wildman–Crippen LogP) is 1.56. The maximum Gasteiger partial charge on any atom is 0.286 e. The van der Waals surface area contributed by atoms with Crippen LogP contribution < -0.4 is 10.4 Å². The van der Waals surface area contributed by atoms with Gasteiger partial charge in [-0.3, -0.25) is 9.59 Å². The van der Waals surface area contributed by atoms with Crippen LogP contribution in [0.4, 0.5) is 0 Å². The Labute approximate surface area is 159 Å². The molecule has 2 amide bonds. The van der Waals surface area contributed by atoms with Crippen LogP contribution >= 0.6 is 11.8 Å². The SMILES string of the molecule is CC(=O)NC1=NC(=O)/C(=C/c2cc(C)n(-c3cccc(C(=O)[O-])c3)c2C)S1. The third-order valence-electron chi connectivity index (χ3n) is 4.00. The maximum atomic E-state index is 12.1. The van der Waals surface area contributed by atoms with Gasteiger partial charge in [0.25, 0.3) is 5.91 Å². The molecule has 138 valence electrons. The molecule has 0 saturated heterocycles. The quantitative estimate of drug-likeness (QED) is 0.812. The average molecular weight is 382 g/mol. The minimum atomic E-state index is -1.24. The van der Waals surface area contributed by atoms with Crippen molar-refractivity contribution in [1.29, 1.82) is 0 Å². The molecule has 3 rings (SSSR count). The summed E-state index contributed by atoms with van der Waals surface area (Å²) in [6.45, 7) is 5.12. The lowest BCUT2D eigenvalue weighted by Crippen LogP contribution is -2.23. The van der Waals surface area contributed by atoms with Crippen molar-refractivity contribution in [3.8, 4) is 5.69 Å². The Morgan fingerprint density at radius 2 is 2.00 bits per heavy atom. The van der Waals surface area contributed by atoms with Crippen molar-refractivity contribution >= 4 is 40.8 Å². The number of hydrogen-bond acceptors (Lipinski definition) is 5. The molecule has 27 heavy (non-hydrogen) atoms. The van der Waals surface area contributed by atoms with Crippen LogP contribution in [0.1, 0.15) is 34.2 Å². The molecule has 1 aromatic heterocycles. The number of thioether (sulfide) groups is 1. The zero-order valence-electron chi connectivity index (χ0n) is 14.9. The van der Waals surface area contributed by atoms with Crippen molar-refractivity contribution in [3.05, 3.63) is 57.8 Å². The highest BCUT2D eigenvalue weighted by Gasteiger charge is 2.23. The van der Waals surface area contributed by atoms with E-state index in [1.165, 1.54) is 13.0 Å². The summed E-state index contributed by atoms with van der Waals surface area (Å²) < 4.78 is 1.90. The molecule has 0 atom stereocenters. The van der Waals surface area contributed by atoms with Gasteiger partial charge in [0.05, 0.1) is 10.9 Å². The third kappa shape index (κ3) is 3.85. The van der Waals surface area contributed by atoms with Gasteiger partial charge in [0.15, 0.2) is 5.17 Å².